The van der Waals surface area contributed by atoms with Crippen molar-refractivity contribution in [2.24, 2.45) is 10.7 Å². The summed E-state index contributed by atoms with van der Waals surface area (Å²) in [7, 11) is 0. The van der Waals surface area contributed by atoms with Crippen LogP contribution in [-0.2, 0) is 5.54 Å². The fourth-order valence-electron chi connectivity index (χ4n) is 2.55. The van der Waals surface area contributed by atoms with Crippen LogP contribution in [0.25, 0.3) is 0 Å². The van der Waals surface area contributed by atoms with Gasteiger partial charge in [-0.25, -0.2) is 0 Å². The Hall–Kier alpha value is -2.36. The van der Waals surface area contributed by atoms with Crippen molar-refractivity contribution in [1.82, 2.24) is 4.98 Å². The molecule has 0 fully saturated rings. The molecule has 0 saturated carbocycles. The van der Waals surface area contributed by atoms with Gasteiger partial charge in [0.2, 0.25) is 0 Å². The largest absolute Gasteiger partial charge is 0.369 e. The van der Waals surface area contributed by atoms with Gasteiger partial charge in [0.15, 0.2) is 5.96 Å². The zero-order chi connectivity index (χ0) is 13.3. The number of nitrogens with zero attached hydrogens (tertiary/aromatic N) is 3. The minimum Gasteiger partial charge on any atom is -0.369 e. The van der Waals surface area contributed by atoms with Crippen LogP contribution in [0.5, 0.6) is 0 Å². The number of aliphatic imine (C=N–C) groups is 1. The summed E-state index contributed by atoms with van der Waals surface area (Å²) in [6.45, 7) is 2.80. The predicted molar refractivity (Wildman–Crippen MR) is 77.0 cm³/mol. The van der Waals surface area contributed by atoms with Crippen LogP contribution in [0.4, 0.5) is 5.69 Å². The van der Waals surface area contributed by atoms with E-state index in [0.717, 1.165) is 11.3 Å². The summed E-state index contributed by atoms with van der Waals surface area (Å²) in [4.78, 5) is 10.6. The zero-order valence-electron chi connectivity index (χ0n) is 10.8. The van der Waals surface area contributed by atoms with E-state index in [4.69, 9.17) is 5.73 Å². The molecule has 2 N–H and O–H groups in total. The molecule has 3 rings (SSSR count). The first-order chi connectivity index (χ1) is 9.22. The number of hydrogen-bond acceptors (Lipinski definition) is 4. The first kappa shape index (κ1) is 11.7. The molecule has 0 amide bonds. The Kier molecular flexibility index (Phi) is 2.71. The SMILES string of the molecule is CC1(c2ccncc2)CN=C(N)N1c1ccccc1. The monoisotopic (exact) mass is 252 g/mol. The van der Waals surface area contributed by atoms with Crippen LogP contribution < -0.4 is 10.6 Å². The van der Waals surface area contributed by atoms with E-state index in [2.05, 4.69) is 21.8 Å². The highest BCUT2D eigenvalue weighted by atomic mass is 15.4. The highest BCUT2D eigenvalue weighted by Crippen LogP contribution is 2.36. The second-order valence-electron chi connectivity index (χ2n) is 4.86. The fourth-order valence-corrected chi connectivity index (χ4v) is 2.55. The summed E-state index contributed by atoms with van der Waals surface area (Å²) in [6, 6.07) is 14.1. The minimum absolute atomic E-state index is 0.256. The number of anilines is 1. The molecule has 0 radical (unpaired) electrons. The van der Waals surface area contributed by atoms with E-state index in [0.29, 0.717) is 12.5 Å². The van der Waals surface area contributed by atoms with Gasteiger partial charge in [0, 0.05) is 18.1 Å². The van der Waals surface area contributed by atoms with Gasteiger partial charge in [-0.3, -0.25) is 9.98 Å². The number of aromatic nitrogens is 1. The molecule has 0 saturated heterocycles. The third-order valence-corrected chi connectivity index (χ3v) is 3.59. The number of rotatable bonds is 2. The lowest BCUT2D eigenvalue weighted by Crippen LogP contribution is -2.47. The molecule has 1 aliphatic rings. The van der Waals surface area contributed by atoms with Crippen LogP contribution in [0.3, 0.4) is 0 Å². The molecule has 1 aromatic carbocycles. The first-order valence-electron chi connectivity index (χ1n) is 6.27. The van der Waals surface area contributed by atoms with Crippen molar-refractivity contribution < 1.29 is 0 Å². The number of para-hydroxylation sites is 1. The summed E-state index contributed by atoms with van der Waals surface area (Å²) in [5.74, 6) is 0.561. The molecule has 19 heavy (non-hydrogen) atoms. The molecule has 0 spiro atoms. The predicted octanol–water partition coefficient (Wildman–Crippen LogP) is 2.13. The standard InChI is InChI=1S/C15H16N4/c1-15(12-7-9-17-10-8-12)11-18-14(16)19(15)13-5-3-2-4-6-13/h2-10H,11H2,1H3,(H2,16,18). The molecule has 2 heterocycles. The van der Waals surface area contributed by atoms with Crippen molar-refractivity contribution >= 4 is 11.6 Å². The van der Waals surface area contributed by atoms with E-state index in [1.165, 1.54) is 0 Å². The number of pyridine rings is 1. The van der Waals surface area contributed by atoms with Crippen molar-refractivity contribution in [2.75, 3.05) is 11.4 Å². The average Bonchev–Trinajstić information content (AvgIpc) is 2.78. The molecule has 96 valence electrons. The van der Waals surface area contributed by atoms with E-state index in [1.54, 1.807) is 12.4 Å². The summed E-state index contributed by atoms with van der Waals surface area (Å²) in [5.41, 5.74) is 8.05. The van der Waals surface area contributed by atoms with E-state index >= 15 is 0 Å². The second-order valence-corrected chi connectivity index (χ2v) is 4.86. The molecular weight excluding hydrogens is 236 g/mol. The van der Waals surface area contributed by atoms with Gasteiger partial charge in [-0.1, -0.05) is 18.2 Å². The molecular formula is C15H16N4. The first-order valence-corrected chi connectivity index (χ1v) is 6.27. The molecule has 1 aliphatic heterocycles. The Morgan fingerprint density at radius 2 is 1.79 bits per heavy atom. The van der Waals surface area contributed by atoms with Crippen molar-refractivity contribution in [3.05, 3.63) is 60.4 Å². The van der Waals surface area contributed by atoms with E-state index in [9.17, 15) is 0 Å². The molecule has 4 nitrogen and oxygen atoms in total. The van der Waals surface area contributed by atoms with Gasteiger partial charge in [-0.15, -0.1) is 0 Å². The third kappa shape index (κ3) is 1.85. The maximum atomic E-state index is 6.08. The van der Waals surface area contributed by atoms with Gasteiger partial charge >= 0.3 is 0 Å². The molecule has 0 bridgehead atoms. The highest BCUT2D eigenvalue weighted by Gasteiger charge is 2.40. The van der Waals surface area contributed by atoms with Gasteiger partial charge in [0.25, 0.3) is 0 Å². The molecule has 2 aromatic rings. The van der Waals surface area contributed by atoms with Crippen LogP contribution in [0.15, 0.2) is 59.9 Å². The lowest BCUT2D eigenvalue weighted by Gasteiger charge is -2.36. The van der Waals surface area contributed by atoms with Crippen LogP contribution in [-0.4, -0.2) is 17.5 Å². The van der Waals surface area contributed by atoms with Gasteiger partial charge in [0.1, 0.15) is 0 Å². The summed E-state index contributed by atoms with van der Waals surface area (Å²) in [6.07, 6.45) is 3.61. The van der Waals surface area contributed by atoms with Crippen molar-refractivity contribution in [3.8, 4) is 0 Å². The van der Waals surface area contributed by atoms with Gasteiger partial charge in [0.05, 0.1) is 12.1 Å². The number of benzene rings is 1. The van der Waals surface area contributed by atoms with Crippen molar-refractivity contribution in [3.63, 3.8) is 0 Å². The van der Waals surface area contributed by atoms with Crippen LogP contribution in [0, 0.1) is 0 Å². The smallest absolute Gasteiger partial charge is 0.196 e. The molecule has 1 unspecified atom stereocenters. The lowest BCUT2D eigenvalue weighted by atomic mass is 9.91. The maximum Gasteiger partial charge on any atom is 0.196 e. The zero-order valence-corrected chi connectivity index (χ0v) is 10.8. The number of nitrogens with two attached hydrogens (primary N) is 1. The van der Waals surface area contributed by atoms with Crippen LogP contribution >= 0.6 is 0 Å². The molecule has 1 atom stereocenters. The van der Waals surface area contributed by atoms with Gasteiger partial charge in [-0.05, 0) is 36.8 Å². The van der Waals surface area contributed by atoms with Crippen LogP contribution in [0.2, 0.25) is 0 Å². The minimum atomic E-state index is -0.256. The summed E-state index contributed by atoms with van der Waals surface area (Å²) in [5, 5.41) is 0. The summed E-state index contributed by atoms with van der Waals surface area (Å²) >= 11 is 0. The topological polar surface area (TPSA) is 54.5 Å². The lowest BCUT2D eigenvalue weighted by molar-refractivity contribution is 0.532. The fraction of sp³-hybridized carbons (Fsp3) is 0.200. The Bertz CT molecular complexity index is 594. The van der Waals surface area contributed by atoms with E-state index in [1.807, 2.05) is 42.5 Å². The Balaban J connectivity index is 2.08. The molecule has 1 aromatic heterocycles. The highest BCUT2D eigenvalue weighted by molar-refractivity contribution is 5.98. The number of hydrogen-bond donors (Lipinski definition) is 1. The van der Waals surface area contributed by atoms with E-state index in [-0.39, 0.29) is 5.54 Å². The Labute approximate surface area is 112 Å². The third-order valence-electron chi connectivity index (χ3n) is 3.59. The van der Waals surface area contributed by atoms with Crippen molar-refractivity contribution in [1.29, 1.82) is 0 Å². The Morgan fingerprint density at radius 1 is 1.11 bits per heavy atom. The van der Waals surface area contributed by atoms with Gasteiger partial charge in [-0.2, -0.15) is 0 Å². The van der Waals surface area contributed by atoms with Crippen molar-refractivity contribution in [2.45, 2.75) is 12.5 Å². The quantitative estimate of drug-likeness (QED) is 0.890. The normalized spacial score (nSPS) is 22.4. The Morgan fingerprint density at radius 3 is 2.47 bits per heavy atom. The van der Waals surface area contributed by atoms with E-state index < -0.39 is 0 Å². The molecule has 4 heteroatoms. The molecule has 0 aliphatic carbocycles. The summed E-state index contributed by atoms with van der Waals surface area (Å²) < 4.78 is 0. The maximum absolute atomic E-state index is 6.08. The average molecular weight is 252 g/mol. The van der Waals surface area contributed by atoms with Crippen LogP contribution in [0.1, 0.15) is 12.5 Å². The van der Waals surface area contributed by atoms with Gasteiger partial charge < -0.3 is 10.6 Å². The number of guanidine groups is 1. The second kappa shape index (κ2) is 4.39.